The van der Waals surface area contributed by atoms with Crippen LogP contribution in [0.3, 0.4) is 0 Å². The minimum atomic E-state index is -0.758. The summed E-state index contributed by atoms with van der Waals surface area (Å²) in [7, 11) is 0. The second kappa shape index (κ2) is 7.97. The molecule has 3 aromatic rings. The minimum absolute atomic E-state index is 0.173. The number of rotatable bonds is 5. The van der Waals surface area contributed by atoms with Gasteiger partial charge in [-0.2, -0.15) is 5.26 Å². The number of benzene rings is 2. The van der Waals surface area contributed by atoms with Crippen LogP contribution < -0.4 is 5.32 Å². The van der Waals surface area contributed by atoms with Gasteiger partial charge in [0.15, 0.2) is 0 Å². The largest absolute Gasteiger partial charge is 0.457 e. The lowest BCUT2D eigenvalue weighted by Gasteiger charge is -2.03. The number of carbonyl (C=O) groups excluding carboxylic acids is 1. The number of nitrogens with zero attached hydrogens (tertiary/aromatic N) is 2. The SMILES string of the molecule is N#CC(=Cc1ccc(-c2ccccc2F)o1)C(=O)Nc1cccc([N+](=O)[O-])c1. The molecule has 0 saturated heterocycles. The van der Waals surface area contributed by atoms with E-state index < -0.39 is 16.6 Å². The lowest BCUT2D eigenvalue weighted by Crippen LogP contribution is -2.13. The zero-order valence-corrected chi connectivity index (χ0v) is 14.3. The molecule has 2 aromatic carbocycles. The highest BCUT2D eigenvalue weighted by molar-refractivity contribution is 6.09. The quantitative estimate of drug-likeness (QED) is 0.304. The van der Waals surface area contributed by atoms with Crippen molar-refractivity contribution in [3.05, 3.63) is 87.9 Å². The van der Waals surface area contributed by atoms with Crippen LogP contribution in [0, 0.1) is 27.3 Å². The van der Waals surface area contributed by atoms with E-state index in [4.69, 9.17) is 4.42 Å². The molecule has 0 saturated carbocycles. The number of non-ortho nitro benzene ring substituents is 1. The van der Waals surface area contributed by atoms with Crippen LogP contribution in [0.5, 0.6) is 0 Å². The van der Waals surface area contributed by atoms with Crippen molar-refractivity contribution < 1.29 is 18.5 Å². The van der Waals surface area contributed by atoms with Gasteiger partial charge >= 0.3 is 0 Å². The molecule has 1 N–H and O–H groups in total. The Morgan fingerprint density at radius 1 is 1.18 bits per heavy atom. The van der Waals surface area contributed by atoms with Crippen molar-refractivity contribution in [2.24, 2.45) is 0 Å². The number of nitrogens with one attached hydrogen (secondary N) is 1. The summed E-state index contributed by atoms with van der Waals surface area (Å²) in [4.78, 5) is 22.5. The summed E-state index contributed by atoms with van der Waals surface area (Å²) < 4.78 is 19.3. The van der Waals surface area contributed by atoms with Crippen LogP contribution in [0.4, 0.5) is 15.8 Å². The highest BCUT2D eigenvalue weighted by Gasteiger charge is 2.14. The molecule has 0 bridgehead atoms. The van der Waals surface area contributed by atoms with Crippen molar-refractivity contribution in [3.8, 4) is 17.4 Å². The van der Waals surface area contributed by atoms with E-state index in [-0.39, 0.29) is 34.0 Å². The van der Waals surface area contributed by atoms with Crippen LogP contribution in [-0.2, 0) is 4.79 Å². The molecule has 1 amide bonds. The van der Waals surface area contributed by atoms with Crippen LogP contribution in [-0.4, -0.2) is 10.8 Å². The summed E-state index contributed by atoms with van der Waals surface area (Å²) >= 11 is 0. The molecule has 138 valence electrons. The summed E-state index contributed by atoms with van der Waals surface area (Å²) in [6, 6.07) is 16.2. The Kier molecular flexibility index (Phi) is 5.28. The Morgan fingerprint density at radius 3 is 2.68 bits per heavy atom. The molecule has 0 radical (unpaired) electrons. The van der Waals surface area contributed by atoms with Crippen LogP contribution in [0.2, 0.25) is 0 Å². The topological polar surface area (TPSA) is 109 Å². The lowest BCUT2D eigenvalue weighted by atomic mass is 10.1. The van der Waals surface area contributed by atoms with Crippen molar-refractivity contribution in [2.45, 2.75) is 0 Å². The maximum atomic E-state index is 13.8. The molecule has 7 nitrogen and oxygen atoms in total. The van der Waals surface area contributed by atoms with E-state index in [1.165, 1.54) is 48.5 Å². The number of hydrogen-bond donors (Lipinski definition) is 1. The predicted molar refractivity (Wildman–Crippen MR) is 99.4 cm³/mol. The average molecular weight is 377 g/mol. The molecule has 1 heterocycles. The monoisotopic (exact) mass is 377 g/mol. The van der Waals surface area contributed by atoms with Gasteiger partial charge in [0.25, 0.3) is 11.6 Å². The standard InChI is InChI=1S/C20H12FN3O4/c21-18-7-2-1-6-17(18)19-9-8-16(28-19)10-13(12-22)20(25)23-14-4-3-5-15(11-14)24(26)27/h1-11H,(H,23,25). The van der Waals surface area contributed by atoms with E-state index in [0.29, 0.717) is 0 Å². The first-order chi connectivity index (χ1) is 13.5. The molecule has 0 unspecified atom stereocenters. The van der Waals surface area contributed by atoms with Crippen LogP contribution >= 0.6 is 0 Å². The average Bonchev–Trinajstić information content (AvgIpc) is 3.15. The van der Waals surface area contributed by atoms with E-state index in [2.05, 4.69) is 5.32 Å². The molecule has 28 heavy (non-hydrogen) atoms. The van der Waals surface area contributed by atoms with Gasteiger partial charge in [-0.1, -0.05) is 18.2 Å². The Labute approximate surface area is 158 Å². The normalized spacial score (nSPS) is 10.9. The van der Waals surface area contributed by atoms with Crippen molar-refractivity contribution in [2.75, 3.05) is 5.32 Å². The van der Waals surface area contributed by atoms with Crippen LogP contribution in [0.1, 0.15) is 5.76 Å². The Bertz CT molecular complexity index is 1130. The third-order valence-electron chi connectivity index (χ3n) is 3.73. The number of nitro groups is 1. The maximum Gasteiger partial charge on any atom is 0.271 e. The summed E-state index contributed by atoms with van der Waals surface area (Å²) in [5, 5.41) is 22.5. The lowest BCUT2D eigenvalue weighted by molar-refractivity contribution is -0.384. The van der Waals surface area contributed by atoms with Gasteiger partial charge in [-0.25, -0.2) is 4.39 Å². The highest BCUT2D eigenvalue weighted by Crippen LogP contribution is 2.26. The smallest absolute Gasteiger partial charge is 0.271 e. The van der Waals surface area contributed by atoms with Gasteiger partial charge in [0.1, 0.15) is 29.0 Å². The van der Waals surface area contributed by atoms with E-state index in [1.807, 2.05) is 0 Å². The van der Waals surface area contributed by atoms with Gasteiger partial charge in [0.05, 0.1) is 10.5 Å². The molecule has 0 aliphatic rings. The first kappa shape index (κ1) is 18.5. The second-order valence-electron chi connectivity index (χ2n) is 5.61. The van der Waals surface area contributed by atoms with E-state index in [1.54, 1.807) is 24.3 Å². The first-order valence-corrected chi connectivity index (χ1v) is 8.00. The number of carbonyl (C=O) groups is 1. The molecular weight excluding hydrogens is 365 g/mol. The fraction of sp³-hybridized carbons (Fsp3) is 0. The number of hydrogen-bond acceptors (Lipinski definition) is 5. The molecule has 1 aromatic heterocycles. The Balaban J connectivity index is 1.82. The third kappa shape index (κ3) is 4.11. The van der Waals surface area contributed by atoms with Crippen molar-refractivity contribution >= 4 is 23.4 Å². The molecular formula is C20H12FN3O4. The van der Waals surface area contributed by atoms with Gasteiger partial charge in [-0.15, -0.1) is 0 Å². The van der Waals surface area contributed by atoms with E-state index >= 15 is 0 Å². The molecule has 0 atom stereocenters. The van der Waals surface area contributed by atoms with Gasteiger partial charge in [-0.05, 0) is 30.3 Å². The fourth-order valence-electron chi connectivity index (χ4n) is 2.42. The van der Waals surface area contributed by atoms with E-state index in [0.717, 1.165) is 0 Å². The number of nitriles is 1. The number of nitro benzene ring substituents is 1. The summed E-state index contributed by atoms with van der Waals surface area (Å²) in [5.74, 6) is -0.784. The number of anilines is 1. The summed E-state index contributed by atoms with van der Waals surface area (Å²) in [5.41, 5.74) is -0.0460. The highest BCUT2D eigenvalue weighted by atomic mass is 19.1. The summed E-state index contributed by atoms with van der Waals surface area (Å²) in [6.07, 6.45) is 1.21. The zero-order chi connectivity index (χ0) is 20.1. The number of amides is 1. The van der Waals surface area contributed by atoms with Crippen molar-refractivity contribution in [1.29, 1.82) is 5.26 Å². The number of furan rings is 1. The van der Waals surface area contributed by atoms with Gasteiger partial charge in [-0.3, -0.25) is 14.9 Å². The fourth-order valence-corrected chi connectivity index (χ4v) is 2.42. The van der Waals surface area contributed by atoms with E-state index in [9.17, 15) is 24.6 Å². The Hall–Kier alpha value is -4.25. The van der Waals surface area contributed by atoms with Gasteiger partial charge in [0, 0.05) is 23.9 Å². The second-order valence-corrected chi connectivity index (χ2v) is 5.61. The molecule has 0 aliphatic carbocycles. The number of halogens is 1. The minimum Gasteiger partial charge on any atom is -0.457 e. The predicted octanol–water partition coefficient (Wildman–Crippen LogP) is 4.54. The summed E-state index contributed by atoms with van der Waals surface area (Å²) in [6.45, 7) is 0. The third-order valence-corrected chi connectivity index (χ3v) is 3.73. The maximum absolute atomic E-state index is 13.8. The van der Waals surface area contributed by atoms with Crippen LogP contribution in [0.25, 0.3) is 17.4 Å². The first-order valence-electron chi connectivity index (χ1n) is 8.00. The van der Waals surface area contributed by atoms with Crippen molar-refractivity contribution in [3.63, 3.8) is 0 Å². The Morgan fingerprint density at radius 2 is 1.96 bits per heavy atom. The molecule has 0 aliphatic heterocycles. The van der Waals surface area contributed by atoms with Crippen molar-refractivity contribution in [1.82, 2.24) is 0 Å². The molecule has 0 fully saturated rings. The molecule has 3 rings (SSSR count). The van der Waals surface area contributed by atoms with Gasteiger partial charge < -0.3 is 9.73 Å². The zero-order valence-electron chi connectivity index (χ0n) is 14.3. The molecule has 0 spiro atoms. The van der Waals surface area contributed by atoms with Crippen LogP contribution in [0.15, 0.2) is 70.7 Å². The van der Waals surface area contributed by atoms with Gasteiger partial charge in [0.2, 0.25) is 0 Å². The molecule has 8 heteroatoms.